The Bertz CT molecular complexity index is 289. The van der Waals surface area contributed by atoms with Crippen LogP contribution in [0, 0.1) is 5.92 Å². The average molecular weight is 253 g/mol. The molecular weight excluding hydrogens is 236 g/mol. The van der Waals surface area contributed by atoms with E-state index in [0.29, 0.717) is 0 Å². The fourth-order valence-corrected chi connectivity index (χ4v) is 2.74. The molecule has 0 bridgehead atoms. The minimum Gasteiger partial charge on any atom is -0.0625 e. The van der Waals surface area contributed by atoms with E-state index in [1.807, 2.05) is 0 Å². The highest BCUT2D eigenvalue weighted by Gasteiger charge is 2.19. The lowest BCUT2D eigenvalue weighted by Gasteiger charge is -2.27. The molecule has 0 amide bonds. The second-order valence-electron chi connectivity index (χ2n) is 4.52. The zero-order chi connectivity index (χ0) is 9.97. The first-order valence-electron chi connectivity index (χ1n) is 5.51. The maximum absolute atomic E-state index is 3.48. The summed E-state index contributed by atoms with van der Waals surface area (Å²) < 4.78 is 1.19. The SMILES string of the molecule is CC1CCCC(c2ccc(Br)cc2)C1. The molecule has 0 spiro atoms. The van der Waals surface area contributed by atoms with E-state index in [9.17, 15) is 0 Å². The van der Waals surface area contributed by atoms with Crippen molar-refractivity contribution < 1.29 is 0 Å². The van der Waals surface area contributed by atoms with E-state index in [-0.39, 0.29) is 0 Å². The van der Waals surface area contributed by atoms with Crippen LogP contribution in [0.5, 0.6) is 0 Å². The zero-order valence-electron chi connectivity index (χ0n) is 8.67. The lowest BCUT2D eigenvalue weighted by atomic mass is 9.79. The van der Waals surface area contributed by atoms with Crippen molar-refractivity contribution in [1.29, 1.82) is 0 Å². The largest absolute Gasteiger partial charge is 0.0625 e. The Hall–Kier alpha value is -0.300. The van der Waals surface area contributed by atoms with Crippen LogP contribution in [0.3, 0.4) is 0 Å². The predicted molar refractivity (Wildman–Crippen MR) is 64.5 cm³/mol. The average Bonchev–Trinajstić information content (AvgIpc) is 2.19. The van der Waals surface area contributed by atoms with E-state index in [4.69, 9.17) is 0 Å². The van der Waals surface area contributed by atoms with Crippen LogP contribution >= 0.6 is 15.9 Å². The number of hydrogen-bond donors (Lipinski definition) is 0. The Morgan fingerprint density at radius 2 is 1.86 bits per heavy atom. The normalized spacial score (nSPS) is 27.6. The Labute approximate surface area is 94.8 Å². The molecule has 0 N–H and O–H groups in total. The summed E-state index contributed by atoms with van der Waals surface area (Å²) in [6.07, 6.45) is 5.59. The lowest BCUT2D eigenvalue weighted by molar-refractivity contribution is 0.344. The molecule has 1 aliphatic rings. The third-order valence-electron chi connectivity index (χ3n) is 3.28. The van der Waals surface area contributed by atoms with Crippen LogP contribution in [0.15, 0.2) is 28.7 Å². The molecule has 1 saturated carbocycles. The van der Waals surface area contributed by atoms with Gasteiger partial charge >= 0.3 is 0 Å². The van der Waals surface area contributed by atoms with E-state index >= 15 is 0 Å². The molecule has 76 valence electrons. The monoisotopic (exact) mass is 252 g/mol. The third kappa shape index (κ3) is 2.38. The summed E-state index contributed by atoms with van der Waals surface area (Å²) in [5.41, 5.74) is 1.53. The molecule has 0 aliphatic heterocycles. The highest BCUT2D eigenvalue weighted by molar-refractivity contribution is 9.10. The quantitative estimate of drug-likeness (QED) is 0.677. The second-order valence-corrected chi connectivity index (χ2v) is 5.44. The van der Waals surface area contributed by atoms with Gasteiger partial charge in [0, 0.05) is 4.47 Å². The molecule has 2 rings (SSSR count). The molecule has 2 atom stereocenters. The molecular formula is C13H17Br. The highest BCUT2D eigenvalue weighted by Crippen LogP contribution is 2.36. The van der Waals surface area contributed by atoms with Gasteiger partial charge in [-0.2, -0.15) is 0 Å². The maximum atomic E-state index is 3.48. The van der Waals surface area contributed by atoms with Crippen molar-refractivity contribution in [3.05, 3.63) is 34.3 Å². The number of halogens is 1. The molecule has 1 fully saturated rings. The molecule has 0 radical (unpaired) electrons. The standard InChI is InChI=1S/C13H17Br/c1-10-3-2-4-12(9-10)11-5-7-13(14)8-6-11/h5-8,10,12H,2-4,9H2,1H3. The number of benzene rings is 1. The highest BCUT2D eigenvalue weighted by atomic mass is 79.9. The minimum absolute atomic E-state index is 0.812. The van der Waals surface area contributed by atoms with Crippen molar-refractivity contribution >= 4 is 15.9 Å². The zero-order valence-corrected chi connectivity index (χ0v) is 10.3. The summed E-state index contributed by atoms with van der Waals surface area (Å²) in [6.45, 7) is 2.38. The Balaban J connectivity index is 2.10. The topological polar surface area (TPSA) is 0 Å². The Morgan fingerprint density at radius 3 is 2.50 bits per heavy atom. The summed E-state index contributed by atoms with van der Waals surface area (Å²) in [5.74, 6) is 1.73. The summed E-state index contributed by atoms with van der Waals surface area (Å²) in [5, 5.41) is 0. The molecule has 0 heterocycles. The van der Waals surface area contributed by atoms with Crippen molar-refractivity contribution in [1.82, 2.24) is 0 Å². The van der Waals surface area contributed by atoms with Gasteiger partial charge in [0.2, 0.25) is 0 Å². The van der Waals surface area contributed by atoms with E-state index in [2.05, 4.69) is 47.1 Å². The molecule has 1 aliphatic carbocycles. The third-order valence-corrected chi connectivity index (χ3v) is 3.81. The molecule has 1 aromatic rings. The number of hydrogen-bond acceptors (Lipinski definition) is 0. The van der Waals surface area contributed by atoms with Gasteiger partial charge in [-0.3, -0.25) is 0 Å². The minimum atomic E-state index is 0.812. The van der Waals surface area contributed by atoms with Crippen LogP contribution in [0.1, 0.15) is 44.1 Å². The van der Waals surface area contributed by atoms with Crippen LogP contribution in [-0.4, -0.2) is 0 Å². The van der Waals surface area contributed by atoms with E-state index < -0.39 is 0 Å². The van der Waals surface area contributed by atoms with Crippen molar-refractivity contribution in [2.24, 2.45) is 5.92 Å². The van der Waals surface area contributed by atoms with Gasteiger partial charge in [-0.25, -0.2) is 0 Å². The first-order valence-corrected chi connectivity index (χ1v) is 6.30. The molecule has 14 heavy (non-hydrogen) atoms. The van der Waals surface area contributed by atoms with Crippen LogP contribution in [0.4, 0.5) is 0 Å². The van der Waals surface area contributed by atoms with Gasteiger partial charge in [-0.1, -0.05) is 47.8 Å². The van der Waals surface area contributed by atoms with Gasteiger partial charge in [-0.05, 0) is 42.4 Å². The first kappa shape index (κ1) is 10.2. The van der Waals surface area contributed by atoms with Crippen molar-refractivity contribution in [2.75, 3.05) is 0 Å². The molecule has 0 saturated heterocycles. The summed E-state index contributed by atoms with van der Waals surface area (Å²) in [4.78, 5) is 0. The van der Waals surface area contributed by atoms with Gasteiger partial charge in [0.25, 0.3) is 0 Å². The van der Waals surface area contributed by atoms with Gasteiger partial charge < -0.3 is 0 Å². The smallest absolute Gasteiger partial charge is 0.0175 e. The summed E-state index contributed by atoms with van der Waals surface area (Å²) in [6, 6.07) is 8.86. The van der Waals surface area contributed by atoms with Crippen molar-refractivity contribution in [3.63, 3.8) is 0 Å². The van der Waals surface area contributed by atoms with E-state index in [0.717, 1.165) is 11.8 Å². The predicted octanol–water partition coefficient (Wildman–Crippen LogP) is 4.74. The maximum Gasteiger partial charge on any atom is 0.0175 e. The van der Waals surface area contributed by atoms with Gasteiger partial charge in [0.1, 0.15) is 0 Å². The van der Waals surface area contributed by atoms with Gasteiger partial charge in [0.05, 0.1) is 0 Å². The molecule has 1 heteroatoms. The Morgan fingerprint density at radius 1 is 1.14 bits per heavy atom. The van der Waals surface area contributed by atoms with Crippen LogP contribution < -0.4 is 0 Å². The molecule has 0 aromatic heterocycles. The van der Waals surface area contributed by atoms with Gasteiger partial charge in [-0.15, -0.1) is 0 Å². The van der Waals surface area contributed by atoms with E-state index in [1.165, 1.54) is 35.7 Å². The fourth-order valence-electron chi connectivity index (χ4n) is 2.47. The first-order chi connectivity index (χ1) is 6.75. The molecule has 0 nitrogen and oxygen atoms in total. The van der Waals surface area contributed by atoms with Crippen LogP contribution in [-0.2, 0) is 0 Å². The van der Waals surface area contributed by atoms with Crippen LogP contribution in [0.25, 0.3) is 0 Å². The molecule has 2 unspecified atom stereocenters. The van der Waals surface area contributed by atoms with Crippen molar-refractivity contribution in [2.45, 2.75) is 38.5 Å². The Kier molecular flexibility index (Phi) is 3.27. The summed E-state index contributed by atoms with van der Waals surface area (Å²) >= 11 is 3.48. The number of rotatable bonds is 1. The van der Waals surface area contributed by atoms with E-state index in [1.54, 1.807) is 0 Å². The fraction of sp³-hybridized carbons (Fsp3) is 0.538. The van der Waals surface area contributed by atoms with Crippen molar-refractivity contribution in [3.8, 4) is 0 Å². The molecule has 1 aromatic carbocycles. The lowest BCUT2D eigenvalue weighted by Crippen LogP contribution is -2.11. The summed E-state index contributed by atoms with van der Waals surface area (Å²) in [7, 11) is 0. The van der Waals surface area contributed by atoms with Crippen LogP contribution in [0.2, 0.25) is 0 Å². The second kappa shape index (κ2) is 4.48. The van der Waals surface area contributed by atoms with Gasteiger partial charge in [0.15, 0.2) is 0 Å².